The van der Waals surface area contributed by atoms with E-state index in [9.17, 15) is 0 Å². The number of H-pyrrole nitrogens is 1. The molecule has 1 aromatic heterocycles. The minimum atomic E-state index is 0.435. The molecule has 0 saturated heterocycles. The lowest BCUT2D eigenvalue weighted by atomic mass is 10.1. The van der Waals surface area contributed by atoms with Gasteiger partial charge in [-0.05, 0) is 31.7 Å². The van der Waals surface area contributed by atoms with Gasteiger partial charge in [0.25, 0.3) is 0 Å². The molecule has 0 aliphatic rings. The van der Waals surface area contributed by atoms with Crippen LogP contribution in [0.3, 0.4) is 0 Å². The average molecular weight is 214 g/mol. The third-order valence-electron chi connectivity index (χ3n) is 3.03. The number of hydrogen-bond acceptors (Lipinski definition) is 1. The minimum absolute atomic E-state index is 0.435. The maximum absolute atomic E-state index is 3.23. The summed E-state index contributed by atoms with van der Waals surface area (Å²) in [5, 5.41) is 0. The maximum Gasteiger partial charge on any atom is 0.0388 e. The number of aromatic nitrogens is 1. The molecule has 0 amide bonds. The van der Waals surface area contributed by atoms with Crippen LogP contribution in [0, 0.1) is 0 Å². The van der Waals surface area contributed by atoms with Crippen LogP contribution in [0.25, 0.3) is 0 Å². The summed E-state index contributed by atoms with van der Waals surface area (Å²) in [4.78, 5) is 5.57. The Balaban J connectivity index is 2.02. The van der Waals surface area contributed by atoms with Gasteiger partial charge >= 0.3 is 0 Å². The summed E-state index contributed by atoms with van der Waals surface area (Å²) >= 11 is 0. The number of nitrogens with zero attached hydrogens (tertiary/aromatic N) is 1. The second-order valence-electron chi connectivity index (χ2n) is 4.20. The summed E-state index contributed by atoms with van der Waals surface area (Å²) < 4.78 is 0. The van der Waals surface area contributed by atoms with E-state index in [2.05, 4.69) is 60.3 Å². The number of nitrogens with one attached hydrogen (secondary N) is 1. The van der Waals surface area contributed by atoms with E-state index in [-0.39, 0.29) is 0 Å². The molecule has 0 saturated carbocycles. The first-order valence-corrected chi connectivity index (χ1v) is 5.65. The van der Waals surface area contributed by atoms with Gasteiger partial charge in [-0.1, -0.05) is 30.3 Å². The van der Waals surface area contributed by atoms with Crippen molar-refractivity contribution in [3.63, 3.8) is 0 Å². The molecule has 0 unspecified atom stereocenters. The normalized spacial score (nSPS) is 12.9. The Hall–Kier alpha value is -1.54. The zero-order valence-corrected chi connectivity index (χ0v) is 9.85. The molecule has 0 fully saturated rings. The highest BCUT2D eigenvalue weighted by Crippen LogP contribution is 2.19. The summed E-state index contributed by atoms with van der Waals surface area (Å²) in [5.41, 5.74) is 2.61. The number of benzene rings is 1. The first-order valence-electron chi connectivity index (χ1n) is 5.65. The van der Waals surface area contributed by atoms with E-state index in [0.29, 0.717) is 6.04 Å². The minimum Gasteiger partial charge on any atom is -0.364 e. The highest BCUT2D eigenvalue weighted by molar-refractivity contribution is 5.18. The van der Waals surface area contributed by atoms with Crippen molar-refractivity contribution >= 4 is 0 Å². The summed E-state index contributed by atoms with van der Waals surface area (Å²) in [6, 6.07) is 15.2. The molecule has 0 aliphatic carbocycles. The van der Waals surface area contributed by atoms with Crippen molar-refractivity contribution < 1.29 is 0 Å². The zero-order valence-electron chi connectivity index (χ0n) is 9.85. The first kappa shape index (κ1) is 11.0. The lowest BCUT2D eigenvalue weighted by Crippen LogP contribution is -2.21. The fourth-order valence-electron chi connectivity index (χ4n) is 1.86. The summed E-state index contributed by atoms with van der Waals surface area (Å²) in [6.07, 6.45) is 1.97. The molecule has 2 heteroatoms. The van der Waals surface area contributed by atoms with Crippen molar-refractivity contribution in [2.45, 2.75) is 19.5 Å². The number of rotatable bonds is 4. The Morgan fingerprint density at radius 1 is 1.12 bits per heavy atom. The molecule has 84 valence electrons. The van der Waals surface area contributed by atoms with Gasteiger partial charge in [0.2, 0.25) is 0 Å². The van der Waals surface area contributed by atoms with Crippen LogP contribution in [0.1, 0.15) is 24.2 Å². The Morgan fingerprint density at radius 3 is 2.50 bits per heavy atom. The third-order valence-corrected chi connectivity index (χ3v) is 3.03. The van der Waals surface area contributed by atoms with Gasteiger partial charge in [0.1, 0.15) is 0 Å². The van der Waals surface area contributed by atoms with Crippen LogP contribution < -0.4 is 0 Å². The summed E-state index contributed by atoms with van der Waals surface area (Å²) in [5.74, 6) is 0. The van der Waals surface area contributed by atoms with Crippen LogP contribution in [0.5, 0.6) is 0 Å². The van der Waals surface area contributed by atoms with Crippen molar-refractivity contribution in [3.8, 4) is 0 Å². The molecular weight excluding hydrogens is 196 g/mol. The summed E-state index contributed by atoms with van der Waals surface area (Å²) in [6.45, 7) is 3.18. The molecule has 2 rings (SSSR count). The van der Waals surface area contributed by atoms with Crippen molar-refractivity contribution in [1.82, 2.24) is 9.88 Å². The predicted octanol–water partition coefficient (Wildman–Crippen LogP) is 3.21. The van der Waals surface area contributed by atoms with Crippen LogP contribution in [-0.4, -0.2) is 16.9 Å². The van der Waals surface area contributed by atoms with E-state index in [1.807, 2.05) is 12.3 Å². The zero-order chi connectivity index (χ0) is 11.4. The molecule has 0 bridgehead atoms. The van der Waals surface area contributed by atoms with Crippen LogP contribution in [0.2, 0.25) is 0 Å². The molecule has 16 heavy (non-hydrogen) atoms. The van der Waals surface area contributed by atoms with Crippen molar-refractivity contribution in [2.24, 2.45) is 0 Å². The number of hydrogen-bond donors (Lipinski definition) is 1. The average Bonchev–Trinajstić information content (AvgIpc) is 2.82. The smallest absolute Gasteiger partial charge is 0.0388 e. The van der Waals surface area contributed by atoms with Crippen molar-refractivity contribution in [1.29, 1.82) is 0 Å². The highest BCUT2D eigenvalue weighted by atomic mass is 15.1. The quantitative estimate of drug-likeness (QED) is 0.828. The Kier molecular flexibility index (Phi) is 3.42. The van der Waals surface area contributed by atoms with Crippen LogP contribution >= 0.6 is 0 Å². The summed E-state index contributed by atoms with van der Waals surface area (Å²) in [7, 11) is 2.15. The highest BCUT2D eigenvalue weighted by Gasteiger charge is 2.11. The molecule has 0 spiro atoms. The predicted molar refractivity (Wildman–Crippen MR) is 67.1 cm³/mol. The molecule has 0 aliphatic heterocycles. The fourth-order valence-corrected chi connectivity index (χ4v) is 1.86. The molecule has 2 nitrogen and oxygen atoms in total. The van der Waals surface area contributed by atoms with E-state index in [4.69, 9.17) is 0 Å². The second-order valence-corrected chi connectivity index (χ2v) is 4.20. The maximum atomic E-state index is 3.23. The monoisotopic (exact) mass is 214 g/mol. The molecular formula is C14H18N2. The molecule has 1 heterocycles. The van der Waals surface area contributed by atoms with Gasteiger partial charge in [-0.25, -0.2) is 0 Å². The molecule has 1 atom stereocenters. The molecule has 2 aromatic rings. The van der Waals surface area contributed by atoms with Gasteiger partial charge in [0.15, 0.2) is 0 Å². The first-order chi connectivity index (χ1) is 7.77. The topological polar surface area (TPSA) is 19.0 Å². The van der Waals surface area contributed by atoms with Gasteiger partial charge in [-0.2, -0.15) is 0 Å². The lowest BCUT2D eigenvalue weighted by molar-refractivity contribution is 0.250. The SMILES string of the molecule is C[C@H](c1ccccc1)N(C)Cc1ccc[nH]1. The van der Waals surface area contributed by atoms with E-state index < -0.39 is 0 Å². The third kappa shape index (κ3) is 2.52. The van der Waals surface area contributed by atoms with E-state index in [0.717, 1.165) is 6.54 Å². The fraction of sp³-hybridized carbons (Fsp3) is 0.286. The largest absolute Gasteiger partial charge is 0.364 e. The number of aromatic amines is 1. The van der Waals surface area contributed by atoms with Crippen molar-refractivity contribution in [2.75, 3.05) is 7.05 Å². The van der Waals surface area contributed by atoms with Crippen molar-refractivity contribution in [3.05, 3.63) is 59.9 Å². The molecule has 1 N–H and O–H groups in total. The Labute approximate surface area is 96.9 Å². The van der Waals surface area contributed by atoms with Gasteiger partial charge in [-0.15, -0.1) is 0 Å². The van der Waals surface area contributed by atoms with Gasteiger partial charge in [0.05, 0.1) is 0 Å². The van der Waals surface area contributed by atoms with Crippen LogP contribution in [-0.2, 0) is 6.54 Å². The second kappa shape index (κ2) is 4.99. The standard InChI is InChI=1S/C14H18N2/c1-12(13-7-4-3-5-8-13)16(2)11-14-9-6-10-15-14/h3-10,12,15H,11H2,1-2H3/t12-/m1/s1. The van der Waals surface area contributed by atoms with Gasteiger partial charge in [-0.3, -0.25) is 4.90 Å². The Morgan fingerprint density at radius 2 is 1.88 bits per heavy atom. The Bertz CT molecular complexity index is 406. The molecule has 0 radical (unpaired) electrons. The van der Waals surface area contributed by atoms with E-state index in [1.54, 1.807) is 0 Å². The van der Waals surface area contributed by atoms with Crippen LogP contribution in [0.15, 0.2) is 48.7 Å². The lowest BCUT2D eigenvalue weighted by Gasteiger charge is -2.24. The van der Waals surface area contributed by atoms with Gasteiger partial charge in [0, 0.05) is 24.5 Å². The van der Waals surface area contributed by atoms with Crippen LogP contribution in [0.4, 0.5) is 0 Å². The molecule has 1 aromatic carbocycles. The van der Waals surface area contributed by atoms with E-state index in [1.165, 1.54) is 11.3 Å². The van der Waals surface area contributed by atoms with Gasteiger partial charge < -0.3 is 4.98 Å². The van der Waals surface area contributed by atoms with E-state index >= 15 is 0 Å².